The first-order chi connectivity index (χ1) is 11.1. The number of amides is 2. The van der Waals surface area contributed by atoms with Crippen molar-refractivity contribution in [2.75, 3.05) is 37.7 Å². The molecule has 0 aliphatic carbocycles. The van der Waals surface area contributed by atoms with Gasteiger partial charge in [-0.15, -0.1) is 0 Å². The second kappa shape index (κ2) is 6.86. The third-order valence-corrected chi connectivity index (χ3v) is 4.74. The average molecular weight is 338 g/mol. The second-order valence-electron chi connectivity index (χ2n) is 5.79. The number of carbonyl (C=O) groups is 2. The van der Waals surface area contributed by atoms with Crippen LogP contribution in [-0.2, 0) is 14.3 Å². The lowest BCUT2D eigenvalue weighted by molar-refractivity contribution is -0.137. The fourth-order valence-electron chi connectivity index (χ4n) is 2.96. The van der Waals surface area contributed by atoms with Crippen LogP contribution in [0, 0.1) is 12.8 Å². The Balaban J connectivity index is 1.68. The van der Waals surface area contributed by atoms with E-state index in [0.29, 0.717) is 44.3 Å². The van der Waals surface area contributed by atoms with Crippen molar-refractivity contribution >= 4 is 29.1 Å². The number of halogens is 1. The van der Waals surface area contributed by atoms with E-state index in [1.165, 1.54) is 0 Å². The first-order valence-corrected chi connectivity index (χ1v) is 8.15. The number of ether oxygens (including phenoxy) is 1. The highest BCUT2D eigenvalue weighted by Crippen LogP contribution is 2.31. The normalized spacial score (nSPS) is 22.4. The number of hydrazine groups is 1. The van der Waals surface area contributed by atoms with Gasteiger partial charge in [0.2, 0.25) is 11.8 Å². The van der Waals surface area contributed by atoms with Crippen molar-refractivity contribution in [3.63, 3.8) is 0 Å². The van der Waals surface area contributed by atoms with E-state index >= 15 is 0 Å². The maximum atomic E-state index is 12.6. The molecule has 0 radical (unpaired) electrons. The zero-order valence-corrected chi connectivity index (χ0v) is 13.8. The van der Waals surface area contributed by atoms with Gasteiger partial charge in [0.25, 0.3) is 0 Å². The fraction of sp³-hybridized carbons (Fsp3) is 0.500. The Hall–Kier alpha value is -1.63. The van der Waals surface area contributed by atoms with Crippen molar-refractivity contribution in [3.8, 4) is 0 Å². The zero-order chi connectivity index (χ0) is 16.4. The molecule has 0 aromatic heterocycles. The lowest BCUT2D eigenvalue weighted by atomic mass is 10.1. The highest BCUT2D eigenvalue weighted by atomic mass is 35.5. The van der Waals surface area contributed by atoms with Crippen molar-refractivity contribution in [3.05, 3.63) is 28.8 Å². The lowest BCUT2D eigenvalue weighted by Crippen LogP contribution is -2.51. The molecule has 7 heteroatoms. The van der Waals surface area contributed by atoms with E-state index in [-0.39, 0.29) is 11.8 Å². The maximum absolute atomic E-state index is 12.6. The number of morpholine rings is 1. The van der Waals surface area contributed by atoms with Crippen LogP contribution in [0.25, 0.3) is 0 Å². The number of hydrogen-bond acceptors (Lipinski definition) is 4. The van der Waals surface area contributed by atoms with E-state index in [1.807, 2.05) is 24.1 Å². The third-order valence-electron chi connectivity index (χ3n) is 4.33. The quantitative estimate of drug-likeness (QED) is 0.846. The molecule has 0 spiro atoms. The van der Waals surface area contributed by atoms with Crippen LogP contribution in [-0.4, -0.2) is 49.7 Å². The largest absolute Gasteiger partial charge is 0.379 e. The van der Waals surface area contributed by atoms with Gasteiger partial charge < -0.3 is 9.64 Å². The smallest absolute Gasteiger partial charge is 0.246 e. The highest BCUT2D eigenvalue weighted by Gasteiger charge is 2.38. The van der Waals surface area contributed by atoms with Gasteiger partial charge in [-0.3, -0.25) is 15.0 Å². The van der Waals surface area contributed by atoms with E-state index in [2.05, 4.69) is 5.43 Å². The molecule has 1 N–H and O–H groups in total. The summed E-state index contributed by atoms with van der Waals surface area (Å²) in [6.45, 7) is 4.88. The minimum absolute atomic E-state index is 0.166. The summed E-state index contributed by atoms with van der Waals surface area (Å²) < 4.78 is 5.25. The summed E-state index contributed by atoms with van der Waals surface area (Å²) >= 11 is 6.13. The topological polar surface area (TPSA) is 61.9 Å². The number of benzene rings is 1. The Kier molecular flexibility index (Phi) is 4.84. The van der Waals surface area contributed by atoms with Crippen LogP contribution >= 0.6 is 11.6 Å². The van der Waals surface area contributed by atoms with Gasteiger partial charge in [0, 0.05) is 30.3 Å². The predicted octanol–water partition coefficient (Wildman–Crippen LogP) is 1.36. The van der Waals surface area contributed by atoms with Gasteiger partial charge in [0.15, 0.2) is 0 Å². The van der Waals surface area contributed by atoms with Crippen LogP contribution in [0.1, 0.15) is 12.0 Å². The monoisotopic (exact) mass is 337 g/mol. The van der Waals surface area contributed by atoms with Gasteiger partial charge in [-0.2, -0.15) is 0 Å². The van der Waals surface area contributed by atoms with Crippen LogP contribution in [0.5, 0.6) is 0 Å². The molecule has 124 valence electrons. The van der Waals surface area contributed by atoms with Crippen LogP contribution < -0.4 is 10.3 Å². The van der Waals surface area contributed by atoms with Gasteiger partial charge >= 0.3 is 0 Å². The van der Waals surface area contributed by atoms with Crippen molar-refractivity contribution in [1.82, 2.24) is 10.4 Å². The Labute approximate surface area is 140 Å². The lowest BCUT2D eigenvalue weighted by Gasteiger charge is -2.28. The summed E-state index contributed by atoms with van der Waals surface area (Å²) in [7, 11) is 0. The molecule has 2 saturated heterocycles. The first-order valence-electron chi connectivity index (χ1n) is 7.77. The summed E-state index contributed by atoms with van der Waals surface area (Å²) in [6.07, 6.45) is 0.515. The minimum atomic E-state index is -0.642. The fourth-order valence-corrected chi connectivity index (χ4v) is 3.13. The molecule has 2 amide bonds. The standard InChI is InChI=1S/C16H20ClN3O3/c1-11-13(17)3-2-4-14(11)20-6-5-12(16(20)22)15(21)18-19-7-9-23-10-8-19/h2-4,12H,5-10H2,1H3,(H,18,21)/t12-/m1/s1. The first kappa shape index (κ1) is 16.2. The van der Waals surface area contributed by atoms with Crippen molar-refractivity contribution in [2.45, 2.75) is 13.3 Å². The second-order valence-corrected chi connectivity index (χ2v) is 6.20. The van der Waals surface area contributed by atoms with Gasteiger partial charge in [-0.05, 0) is 31.0 Å². The summed E-state index contributed by atoms with van der Waals surface area (Å²) in [5.41, 5.74) is 4.47. The van der Waals surface area contributed by atoms with Gasteiger partial charge in [0.05, 0.1) is 13.2 Å². The van der Waals surface area contributed by atoms with Gasteiger partial charge in [-0.1, -0.05) is 17.7 Å². The van der Waals surface area contributed by atoms with Gasteiger partial charge in [-0.25, -0.2) is 5.01 Å². The Bertz CT molecular complexity index is 617. The van der Waals surface area contributed by atoms with E-state index in [0.717, 1.165) is 11.3 Å². The van der Waals surface area contributed by atoms with Crippen molar-refractivity contribution in [2.24, 2.45) is 5.92 Å². The molecule has 2 fully saturated rings. The number of hydrogen-bond donors (Lipinski definition) is 1. The maximum Gasteiger partial charge on any atom is 0.246 e. The van der Waals surface area contributed by atoms with Crippen LogP contribution in [0.2, 0.25) is 5.02 Å². The number of nitrogens with one attached hydrogen (secondary N) is 1. The number of anilines is 1. The molecule has 0 unspecified atom stereocenters. The van der Waals surface area contributed by atoms with Gasteiger partial charge in [0.1, 0.15) is 5.92 Å². The predicted molar refractivity (Wildman–Crippen MR) is 87.2 cm³/mol. The van der Waals surface area contributed by atoms with Crippen LogP contribution in [0.15, 0.2) is 18.2 Å². The molecule has 2 aliphatic rings. The molecule has 1 atom stereocenters. The molecule has 6 nitrogen and oxygen atoms in total. The number of carbonyl (C=O) groups excluding carboxylic acids is 2. The van der Waals surface area contributed by atoms with E-state index < -0.39 is 5.92 Å². The number of rotatable bonds is 3. The van der Waals surface area contributed by atoms with Crippen molar-refractivity contribution < 1.29 is 14.3 Å². The summed E-state index contributed by atoms with van der Waals surface area (Å²) in [5, 5.41) is 2.43. The molecule has 1 aromatic rings. The van der Waals surface area contributed by atoms with E-state index in [1.54, 1.807) is 11.0 Å². The molecule has 2 heterocycles. The molecular weight excluding hydrogens is 318 g/mol. The Morgan fingerprint density at radius 2 is 2.04 bits per heavy atom. The highest BCUT2D eigenvalue weighted by molar-refractivity contribution is 6.31. The van der Waals surface area contributed by atoms with Crippen LogP contribution in [0.4, 0.5) is 5.69 Å². The molecule has 23 heavy (non-hydrogen) atoms. The summed E-state index contributed by atoms with van der Waals surface area (Å²) in [4.78, 5) is 26.7. The summed E-state index contributed by atoms with van der Waals surface area (Å²) in [6, 6.07) is 5.48. The Morgan fingerprint density at radius 3 is 2.78 bits per heavy atom. The summed E-state index contributed by atoms with van der Waals surface area (Å²) in [5.74, 6) is -1.04. The average Bonchev–Trinajstić information content (AvgIpc) is 2.93. The molecular formula is C16H20ClN3O3. The SMILES string of the molecule is Cc1c(Cl)cccc1N1CC[C@H](C(=O)NN2CCOCC2)C1=O. The molecule has 3 rings (SSSR count). The molecule has 2 aliphatic heterocycles. The van der Waals surface area contributed by atoms with E-state index in [9.17, 15) is 9.59 Å². The Morgan fingerprint density at radius 1 is 1.30 bits per heavy atom. The third kappa shape index (κ3) is 3.34. The molecule has 0 bridgehead atoms. The van der Waals surface area contributed by atoms with E-state index in [4.69, 9.17) is 16.3 Å². The molecule has 1 aromatic carbocycles. The van der Waals surface area contributed by atoms with Crippen molar-refractivity contribution in [1.29, 1.82) is 0 Å². The molecule has 0 saturated carbocycles. The zero-order valence-electron chi connectivity index (χ0n) is 13.0. The number of nitrogens with zero attached hydrogens (tertiary/aromatic N) is 2. The minimum Gasteiger partial charge on any atom is -0.379 e. The van der Waals surface area contributed by atoms with Crippen LogP contribution in [0.3, 0.4) is 0 Å².